The summed E-state index contributed by atoms with van der Waals surface area (Å²) in [7, 11) is 1.80. The van der Waals surface area contributed by atoms with Crippen LogP contribution in [-0.2, 0) is 27.3 Å². The summed E-state index contributed by atoms with van der Waals surface area (Å²) in [4.78, 5) is 82.5. The Kier molecular flexibility index (Phi) is 9.96. The van der Waals surface area contributed by atoms with E-state index in [1.165, 1.54) is 23.9 Å². The number of halogens is 1. The second kappa shape index (κ2) is 14.7. The van der Waals surface area contributed by atoms with Gasteiger partial charge in [-0.15, -0.1) is 11.8 Å². The Labute approximate surface area is 303 Å². The predicted molar refractivity (Wildman–Crippen MR) is 193 cm³/mol. The summed E-state index contributed by atoms with van der Waals surface area (Å²) >= 11 is 1.50. The number of hydrogen-bond acceptors (Lipinski definition) is 7. The van der Waals surface area contributed by atoms with Crippen molar-refractivity contribution < 1.29 is 33.2 Å². The predicted octanol–water partition coefficient (Wildman–Crippen LogP) is 5.36. The van der Waals surface area contributed by atoms with Gasteiger partial charge in [-0.25, -0.2) is 4.39 Å². The van der Waals surface area contributed by atoms with Crippen LogP contribution in [0.2, 0.25) is 0 Å². The summed E-state index contributed by atoms with van der Waals surface area (Å²) in [5.41, 5.74) is 5.28. The minimum Gasteiger partial charge on any atom is -0.354 e. The number of nitrogens with zero attached hydrogens (tertiary/aromatic N) is 2. The monoisotopic (exact) mass is 723 g/mol. The van der Waals surface area contributed by atoms with Gasteiger partial charge in [0.15, 0.2) is 0 Å². The number of hydrogen-bond donors (Lipinski definition) is 3. The first-order chi connectivity index (χ1) is 25.1. The standard InChI is InChI=1S/C39H38FN5O6S/c1-44(21-22-10-12-23(13-11-22)35-25-16-17-41-36(48)27-19-24(40)20-28(42-35)33(25)27)32(47)9-4-2-3-5-18-52-30-8-6-7-26-34(30)39(51)45(38(26)50)29-14-15-31(46)43-37(29)49/h6-8,10-13,19-20,29,42H,2-5,9,14-18,21H2,1H3,(H,41,48)(H,43,46,49). The number of piperidine rings is 1. The number of unbranched alkanes of at least 4 members (excludes halogenated alkanes) is 3. The Bertz CT molecular complexity index is 2130. The third kappa shape index (κ3) is 6.84. The number of rotatable bonds is 12. The maximum atomic E-state index is 14.3. The molecular formula is C39H38FN5O6S. The van der Waals surface area contributed by atoms with Gasteiger partial charge in [0.2, 0.25) is 17.7 Å². The molecule has 6 amide bonds. The van der Waals surface area contributed by atoms with Crippen LogP contribution in [0.25, 0.3) is 22.2 Å². The first-order valence-corrected chi connectivity index (χ1v) is 18.5. The second-order valence-electron chi connectivity index (χ2n) is 13.4. The summed E-state index contributed by atoms with van der Waals surface area (Å²) in [5, 5.41) is 5.82. The van der Waals surface area contributed by atoms with Crippen LogP contribution in [-0.4, -0.2) is 75.6 Å². The molecule has 7 rings (SSSR count). The number of imide groups is 2. The average Bonchev–Trinajstić information content (AvgIpc) is 3.54. The van der Waals surface area contributed by atoms with E-state index >= 15 is 0 Å². The first kappa shape index (κ1) is 35.1. The van der Waals surface area contributed by atoms with Crippen LogP contribution in [0.3, 0.4) is 0 Å². The molecule has 0 saturated carbocycles. The van der Waals surface area contributed by atoms with Crippen LogP contribution in [0.5, 0.6) is 0 Å². The van der Waals surface area contributed by atoms with Crippen molar-refractivity contribution in [3.8, 4) is 11.3 Å². The number of H-pyrrole nitrogens is 1. The van der Waals surface area contributed by atoms with Crippen LogP contribution in [0.15, 0.2) is 59.5 Å². The molecule has 1 atom stereocenters. The van der Waals surface area contributed by atoms with Gasteiger partial charge in [0.1, 0.15) is 11.9 Å². The van der Waals surface area contributed by atoms with Gasteiger partial charge >= 0.3 is 0 Å². The molecule has 0 spiro atoms. The molecule has 4 aromatic rings. The van der Waals surface area contributed by atoms with Gasteiger partial charge in [-0.1, -0.05) is 43.2 Å². The molecule has 52 heavy (non-hydrogen) atoms. The van der Waals surface area contributed by atoms with Gasteiger partial charge < -0.3 is 15.2 Å². The third-order valence-electron chi connectivity index (χ3n) is 9.93. The van der Waals surface area contributed by atoms with Gasteiger partial charge in [-0.3, -0.25) is 39.0 Å². The van der Waals surface area contributed by atoms with E-state index in [0.717, 1.165) is 64.1 Å². The molecule has 0 aliphatic carbocycles. The van der Waals surface area contributed by atoms with Gasteiger partial charge in [-0.05, 0) is 72.4 Å². The van der Waals surface area contributed by atoms with Gasteiger partial charge in [-0.2, -0.15) is 0 Å². The minimum atomic E-state index is -0.992. The zero-order chi connectivity index (χ0) is 36.5. The van der Waals surface area contributed by atoms with Crippen molar-refractivity contribution >= 4 is 58.1 Å². The molecule has 3 aliphatic rings. The van der Waals surface area contributed by atoms with Gasteiger partial charge in [0.25, 0.3) is 17.7 Å². The van der Waals surface area contributed by atoms with Crippen molar-refractivity contribution in [1.82, 2.24) is 25.4 Å². The van der Waals surface area contributed by atoms with E-state index in [2.05, 4.69) is 15.6 Å². The lowest BCUT2D eigenvalue weighted by Crippen LogP contribution is -2.54. The largest absolute Gasteiger partial charge is 0.354 e. The molecule has 3 aliphatic heterocycles. The topological polar surface area (TPSA) is 149 Å². The molecular weight excluding hydrogens is 686 g/mol. The highest BCUT2D eigenvalue weighted by Gasteiger charge is 2.45. The molecule has 4 heterocycles. The number of benzene rings is 3. The van der Waals surface area contributed by atoms with E-state index < -0.39 is 35.5 Å². The van der Waals surface area contributed by atoms with Crippen molar-refractivity contribution in [2.75, 3.05) is 19.3 Å². The fourth-order valence-corrected chi connectivity index (χ4v) is 8.37. The summed E-state index contributed by atoms with van der Waals surface area (Å²) < 4.78 is 14.3. The lowest BCUT2D eigenvalue weighted by atomic mass is 9.99. The number of aromatic amines is 1. The van der Waals surface area contributed by atoms with Crippen molar-refractivity contribution in [3.05, 3.63) is 88.2 Å². The van der Waals surface area contributed by atoms with Crippen LogP contribution < -0.4 is 10.6 Å². The number of thioether (sulfide) groups is 1. The molecule has 268 valence electrons. The smallest absolute Gasteiger partial charge is 0.263 e. The molecule has 1 aromatic heterocycles. The number of aromatic nitrogens is 1. The Hall–Kier alpha value is -5.30. The van der Waals surface area contributed by atoms with E-state index in [0.29, 0.717) is 47.5 Å². The molecule has 0 radical (unpaired) electrons. The summed E-state index contributed by atoms with van der Waals surface area (Å²) in [5.74, 6) is -2.00. The zero-order valence-corrected chi connectivity index (χ0v) is 29.5. The number of nitrogens with one attached hydrogen (secondary N) is 3. The lowest BCUT2D eigenvalue weighted by Gasteiger charge is -2.27. The maximum Gasteiger partial charge on any atom is 0.263 e. The molecule has 0 bridgehead atoms. The number of carbonyl (C=O) groups is 6. The normalized spacial score (nSPS) is 16.9. The van der Waals surface area contributed by atoms with Gasteiger partial charge in [0, 0.05) is 54.5 Å². The van der Waals surface area contributed by atoms with Crippen molar-refractivity contribution in [2.24, 2.45) is 0 Å². The maximum absolute atomic E-state index is 14.3. The molecule has 11 nitrogen and oxygen atoms in total. The zero-order valence-electron chi connectivity index (χ0n) is 28.7. The average molecular weight is 724 g/mol. The fraction of sp³-hybridized carbons (Fsp3) is 0.333. The summed E-state index contributed by atoms with van der Waals surface area (Å²) in [6.45, 7) is 0.932. The number of fused-ring (bicyclic) bond motifs is 1. The molecule has 3 aromatic carbocycles. The highest BCUT2D eigenvalue weighted by Crippen LogP contribution is 2.36. The van der Waals surface area contributed by atoms with E-state index in [1.54, 1.807) is 24.1 Å². The Morgan fingerprint density at radius 2 is 1.73 bits per heavy atom. The molecule has 1 fully saturated rings. The quantitative estimate of drug-likeness (QED) is 0.101. The minimum absolute atomic E-state index is 0.0602. The van der Waals surface area contributed by atoms with Crippen LogP contribution in [0.4, 0.5) is 4.39 Å². The second-order valence-corrected chi connectivity index (χ2v) is 14.6. The van der Waals surface area contributed by atoms with E-state index in [9.17, 15) is 33.2 Å². The summed E-state index contributed by atoms with van der Waals surface area (Å²) in [6, 6.07) is 14.8. The van der Waals surface area contributed by atoms with Crippen molar-refractivity contribution in [2.45, 2.75) is 68.8 Å². The van der Waals surface area contributed by atoms with Crippen LogP contribution in [0, 0.1) is 5.82 Å². The SMILES string of the molecule is CN(Cc1ccc(-c2[nH]c3cc(F)cc4c3c2CCNC4=O)cc1)C(=O)CCCCCCSc1cccc2c1C(=O)N(C1CCC(=O)NC1=O)C2=O. The Balaban J connectivity index is 0.862. The molecule has 3 N–H and O–H groups in total. The highest BCUT2D eigenvalue weighted by atomic mass is 32.2. The Morgan fingerprint density at radius 3 is 2.52 bits per heavy atom. The molecule has 1 saturated heterocycles. The van der Waals surface area contributed by atoms with E-state index in [-0.39, 0.29) is 30.2 Å². The van der Waals surface area contributed by atoms with Crippen molar-refractivity contribution in [1.29, 1.82) is 0 Å². The first-order valence-electron chi connectivity index (χ1n) is 17.5. The Morgan fingerprint density at radius 1 is 0.942 bits per heavy atom. The summed E-state index contributed by atoms with van der Waals surface area (Å²) in [6.07, 6.45) is 4.66. The van der Waals surface area contributed by atoms with Gasteiger partial charge in [0.05, 0.1) is 16.7 Å². The number of carbonyl (C=O) groups excluding carboxylic acids is 6. The highest BCUT2D eigenvalue weighted by molar-refractivity contribution is 7.99. The van der Waals surface area contributed by atoms with Crippen LogP contribution in [0.1, 0.15) is 87.1 Å². The van der Waals surface area contributed by atoms with E-state index in [1.807, 2.05) is 30.3 Å². The van der Waals surface area contributed by atoms with Crippen LogP contribution >= 0.6 is 11.8 Å². The third-order valence-corrected chi connectivity index (χ3v) is 11.1. The lowest BCUT2D eigenvalue weighted by molar-refractivity contribution is -0.136. The number of amides is 6. The molecule has 13 heteroatoms. The van der Waals surface area contributed by atoms with E-state index in [4.69, 9.17) is 0 Å². The fourth-order valence-electron chi connectivity index (χ4n) is 7.29. The molecule has 1 unspecified atom stereocenters. The van der Waals surface area contributed by atoms with Crippen molar-refractivity contribution in [3.63, 3.8) is 0 Å².